The van der Waals surface area contributed by atoms with E-state index < -0.39 is 31.0 Å². The van der Waals surface area contributed by atoms with Crippen molar-refractivity contribution in [2.45, 2.75) is 13.0 Å². The number of aromatic nitrogens is 2. The van der Waals surface area contributed by atoms with Gasteiger partial charge in [0, 0.05) is 24.5 Å². The van der Waals surface area contributed by atoms with Crippen LogP contribution in [-0.2, 0) is 14.3 Å². The van der Waals surface area contributed by atoms with Crippen LogP contribution in [0.3, 0.4) is 0 Å². The number of halogens is 2. The fourth-order valence-electron chi connectivity index (χ4n) is 1.91. The van der Waals surface area contributed by atoms with Crippen LogP contribution in [0, 0.1) is 0 Å². The minimum atomic E-state index is -2.98. The van der Waals surface area contributed by atoms with Crippen LogP contribution in [-0.4, -0.2) is 47.5 Å². The van der Waals surface area contributed by atoms with Crippen LogP contribution >= 0.6 is 0 Å². The van der Waals surface area contributed by atoms with Crippen molar-refractivity contribution in [3.05, 3.63) is 48.3 Å². The molecule has 0 bridgehead atoms. The first-order valence-corrected chi connectivity index (χ1v) is 7.99. The largest absolute Gasteiger partial charge is 0.456 e. The summed E-state index contributed by atoms with van der Waals surface area (Å²) in [5, 5.41) is 4.81. The molecule has 0 unspecified atom stereocenters. The summed E-state index contributed by atoms with van der Waals surface area (Å²) < 4.78 is 33.0. The zero-order chi connectivity index (χ0) is 20.4. The molecular formula is C17H16F2N4O5. The molecule has 0 atom stereocenters. The van der Waals surface area contributed by atoms with E-state index in [1.165, 1.54) is 24.5 Å². The Morgan fingerprint density at radius 2 is 1.75 bits per heavy atom. The Balaban J connectivity index is 1.68. The molecule has 0 saturated carbocycles. The first-order valence-electron chi connectivity index (χ1n) is 7.99. The Morgan fingerprint density at radius 3 is 2.39 bits per heavy atom. The van der Waals surface area contributed by atoms with Crippen LogP contribution in [0.25, 0.3) is 0 Å². The third kappa shape index (κ3) is 7.32. The first-order chi connectivity index (χ1) is 13.4. The Kier molecular flexibility index (Phi) is 7.76. The number of hydrogen-bond acceptors (Lipinski definition) is 8. The average molecular weight is 394 g/mol. The third-order valence-corrected chi connectivity index (χ3v) is 3.14. The molecule has 0 aliphatic carbocycles. The zero-order valence-corrected chi connectivity index (χ0v) is 14.4. The molecule has 0 radical (unpaired) electrons. The fourth-order valence-corrected chi connectivity index (χ4v) is 1.91. The van der Waals surface area contributed by atoms with Gasteiger partial charge >= 0.3 is 12.6 Å². The number of carbonyl (C=O) groups excluding carboxylic acids is 3. The lowest BCUT2D eigenvalue weighted by Crippen LogP contribution is -2.34. The molecule has 2 aromatic rings. The number of rotatable bonds is 9. The molecule has 1 aromatic heterocycles. The van der Waals surface area contributed by atoms with Gasteiger partial charge < -0.3 is 14.8 Å². The number of anilines is 1. The Hall–Kier alpha value is -3.63. The predicted octanol–water partition coefficient (Wildman–Crippen LogP) is 1.38. The van der Waals surface area contributed by atoms with Gasteiger partial charge in [-0.25, -0.2) is 9.97 Å². The number of amides is 2. The van der Waals surface area contributed by atoms with Gasteiger partial charge in [0.15, 0.2) is 6.61 Å². The normalized spacial score (nSPS) is 10.2. The number of benzene rings is 1. The van der Waals surface area contributed by atoms with Crippen LogP contribution in [0.1, 0.15) is 16.8 Å². The van der Waals surface area contributed by atoms with Crippen molar-refractivity contribution >= 4 is 23.7 Å². The number of ether oxygens (including phenoxy) is 2. The van der Waals surface area contributed by atoms with Crippen molar-refractivity contribution in [3.63, 3.8) is 0 Å². The van der Waals surface area contributed by atoms with Crippen molar-refractivity contribution in [1.82, 2.24) is 15.3 Å². The Labute approximate surface area is 158 Å². The number of esters is 1. The summed E-state index contributed by atoms with van der Waals surface area (Å²) in [5.41, 5.74) is 0.0494. The molecule has 0 fully saturated rings. The van der Waals surface area contributed by atoms with Gasteiger partial charge in [-0.15, -0.1) is 0 Å². The molecule has 0 aliphatic rings. The van der Waals surface area contributed by atoms with Crippen molar-refractivity contribution < 1.29 is 32.6 Å². The molecular weight excluding hydrogens is 378 g/mol. The van der Waals surface area contributed by atoms with Crippen molar-refractivity contribution in [1.29, 1.82) is 0 Å². The molecule has 11 heteroatoms. The summed E-state index contributed by atoms with van der Waals surface area (Å²) in [4.78, 5) is 42.9. The summed E-state index contributed by atoms with van der Waals surface area (Å²) >= 11 is 0. The van der Waals surface area contributed by atoms with Crippen LogP contribution in [0.2, 0.25) is 0 Å². The molecule has 0 spiro atoms. The van der Waals surface area contributed by atoms with E-state index in [4.69, 9.17) is 4.74 Å². The quantitative estimate of drug-likeness (QED) is 0.612. The molecule has 28 heavy (non-hydrogen) atoms. The van der Waals surface area contributed by atoms with Crippen molar-refractivity contribution in [2.75, 3.05) is 18.5 Å². The standard InChI is InChI=1S/C17H16F2N4O5/c18-16(19)28-12-4-2-11(3-5-12)15(26)23-13(24)10-27-14(25)6-9-22-17-20-7-1-8-21-17/h1-5,7-8,16H,6,9-10H2,(H,20,21,22)(H,23,24,26). The molecule has 1 aromatic carbocycles. The van der Waals surface area contributed by atoms with E-state index in [1.807, 2.05) is 5.32 Å². The van der Waals surface area contributed by atoms with Gasteiger partial charge in [0.05, 0.1) is 6.42 Å². The zero-order valence-electron chi connectivity index (χ0n) is 14.4. The van der Waals surface area contributed by atoms with E-state index >= 15 is 0 Å². The monoisotopic (exact) mass is 394 g/mol. The number of nitrogens with zero attached hydrogens (tertiary/aromatic N) is 2. The topological polar surface area (TPSA) is 120 Å². The maximum atomic E-state index is 12.1. The molecule has 0 aliphatic heterocycles. The SMILES string of the molecule is O=C(COC(=O)CCNc1ncccn1)NC(=O)c1ccc(OC(F)F)cc1. The van der Waals surface area contributed by atoms with Crippen LogP contribution in [0.4, 0.5) is 14.7 Å². The van der Waals surface area contributed by atoms with E-state index in [2.05, 4.69) is 20.0 Å². The molecule has 2 N–H and O–H groups in total. The molecule has 2 amide bonds. The van der Waals surface area contributed by atoms with Crippen LogP contribution in [0.5, 0.6) is 5.75 Å². The third-order valence-electron chi connectivity index (χ3n) is 3.14. The van der Waals surface area contributed by atoms with Gasteiger partial charge in [-0.3, -0.25) is 19.7 Å². The summed E-state index contributed by atoms with van der Waals surface area (Å²) in [6.45, 7) is -3.42. The molecule has 1 heterocycles. The second-order valence-electron chi connectivity index (χ2n) is 5.19. The molecule has 2 rings (SSSR count). The predicted molar refractivity (Wildman–Crippen MR) is 91.6 cm³/mol. The van der Waals surface area contributed by atoms with E-state index in [0.717, 1.165) is 12.1 Å². The molecule has 148 valence electrons. The highest BCUT2D eigenvalue weighted by Gasteiger charge is 2.13. The lowest BCUT2D eigenvalue weighted by atomic mass is 10.2. The van der Waals surface area contributed by atoms with E-state index in [-0.39, 0.29) is 24.3 Å². The van der Waals surface area contributed by atoms with Gasteiger partial charge in [-0.1, -0.05) is 0 Å². The number of nitrogens with one attached hydrogen (secondary N) is 2. The summed E-state index contributed by atoms with van der Waals surface area (Å²) in [7, 11) is 0. The van der Waals surface area contributed by atoms with Gasteiger partial charge in [0.2, 0.25) is 5.95 Å². The summed E-state index contributed by atoms with van der Waals surface area (Å²) in [6.07, 6.45) is 3.04. The highest BCUT2D eigenvalue weighted by molar-refractivity contribution is 6.05. The Morgan fingerprint density at radius 1 is 1.07 bits per heavy atom. The smallest absolute Gasteiger partial charge is 0.387 e. The second-order valence-corrected chi connectivity index (χ2v) is 5.19. The number of carbonyl (C=O) groups is 3. The van der Waals surface area contributed by atoms with Gasteiger partial charge in [-0.2, -0.15) is 8.78 Å². The van der Waals surface area contributed by atoms with Gasteiger partial charge in [0.25, 0.3) is 11.8 Å². The summed E-state index contributed by atoms with van der Waals surface area (Å²) in [6, 6.07) is 6.39. The van der Waals surface area contributed by atoms with E-state index in [0.29, 0.717) is 5.95 Å². The van der Waals surface area contributed by atoms with Gasteiger partial charge in [-0.05, 0) is 30.3 Å². The molecule has 9 nitrogen and oxygen atoms in total. The number of imide groups is 1. The average Bonchev–Trinajstić information content (AvgIpc) is 2.67. The van der Waals surface area contributed by atoms with Gasteiger partial charge in [0.1, 0.15) is 5.75 Å². The highest BCUT2D eigenvalue weighted by atomic mass is 19.3. The lowest BCUT2D eigenvalue weighted by molar-refractivity contribution is -0.148. The summed E-state index contributed by atoms with van der Waals surface area (Å²) in [5.74, 6) is -2.03. The van der Waals surface area contributed by atoms with Crippen LogP contribution in [0.15, 0.2) is 42.7 Å². The van der Waals surface area contributed by atoms with Crippen molar-refractivity contribution in [2.24, 2.45) is 0 Å². The minimum Gasteiger partial charge on any atom is -0.456 e. The maximum absolute atomic E-state index is 12.1. The minimum absolute atomic E-state index is 0.0366. The van der Waals surface area contributed by atoms with E-state index in [9.17, 15) is 23.2 Å². The van der Waals surface area contributed by atoms with E-state index in [1.54, 1.807) is 6.07 Å². The van der Waals surface area contributed by atoms with Crippen molar-refractivity contribution in [3.8, 4) is 5.75 Å². The van der Waals surface area contributed by atoms with Crippen LogP contribution < -0.4 is 15.4 Å². The molecule has 0 saturated heterocycles. The maximum Gasteiger partial charge on any atom is 0.387 e. The highest BCUT2D eigenvalue weighted by Crippen LogP contribution is 2.14. The second kappa shape index (κ2) is 10.5. The number of hydrogen-bond donors (Lipinski definition) is 2. The first kappa shape index (κ1) is 20.7. The number of alkyl halides is 2. The fraction of sp³-hybridized carbons (Fsp3) is 0.235. The Bertz CT molecular complexity index is 803. The lowest BCUT2D eigenvalue weighted by Gasteiger charge is -2.07.